The Balaban J connectivity index is 3.39. The average Bonchev–Trinajstić information content (AvgIpc) is 1.59. The van der Waals surface area contributed by atoms with Crippen molar-refractivity contribution in [2.24, 2.45) is 0 Å². The van der Waals surface area contributed by atoms with Crippen LogP contribution in [-0.2, 0) is 4.79 Å². The molecule has 0 aliphatic carbocycles. The minimum Gasteiger partial charge on any atom is -0.300 e. The Hall–Kier alpha value is 0.540. The normalized spacial score (nSPS) is 11.6. The maximum Gasteiger partial charge on any atom is 0.191 e. The number of carbonyl (C=O) groups is 1. The van der Waals surface area contributed by atoms with Crippen LogP contribution in [0.15, 0.2) is 0 Å². The van der Waals surface area contributed by atoms with Gasteiger partial charge in [0.15, 0.2) is 3.79 Å². The Morgan fingerprint density at radius 2 is 1.89 bits per heavy atom. The molecule has 0 amide bonds. The lowest BCUT2D eigenvalue weighted by atomic mass is 10.2. The first-order valence-electron chi connectivity index (χ1n) is 2.48. The standard InChI is InChI=1S/C5H7Cl3O/c1-4(9)2-3-5(6,7)8/h2-3H2,1H3. The van der Waals surface area contributed by atoms with Crippen LogP contribution >= 0.6 is 34.8 Å². The Kier molecular flexibility index (Phi) is 3.86. The summed E-state index contributed by atoms with van der Waals surface area (Å²) in [4.78, 5) is 10.3. The molecule has 0 aromatic carbocycles. The Morgan fingerprint density at radius 3 is 2.00 bits per heavy atom. The number of carbonyl (C=O) groups excluding carboxylic acids is 1. The van der Waals surface area contributed by atoms with E-state index in [1.165, 1.54) is 6.92 Å². The lowest BCUT2D eigenvalue weighted by molar-refractivity contribution is -0.117. The van der Waals surface area contributed by atoms with Crippen molar-refractivity contribution >= 4 is 40.6 Å². The molecule has 0 unspecified atom stereocenters. The van der Waals surface area contributed by atoms with Gasteiger partial charge in [-0.3, -0.25) is 0 Å². The molecule has 0 aliphatic heterocycles. The van der Waals surface area contributed by atoms with Crippen molar-refractivity contribution in [3.05, 3.63) is 0 Å². The summed E-state index contributed by atoms with van der Waals surface area (Å²) in [6.07, 6.45) is 0.628. The fourth-order valence-corrected chi connectivity index (χ4v) is 0.601. The van der Waals surface area contributed by atoms with E-state index in [-0.39, 0.29) is 5.78 Å². The Morgan fingerprint density at radius 1 is 1.44 bits per heavy atom. The Bertz CT molecular complexity index is 105. The van der Waals surface area contributed by atoms with Gasteiger partial charge in [0.25, 0.3) is 0 Å². The van der Waals surface area contributed by atoms with Crippen LogP contribution in [0, 0.1) is 0 Å². The highest BCUT2D eigenvalue weighted by molar-refractivity contribution is 6.67. The molecule has 0 radical (unpaired) electrons. The van der Waals surface area contributed by atoms with E-state index < -0.39 is 3.79 Å². The fourth-order valence-electron chi connectivity index (χ4n) is 0.318. The molecule has 0 bridgehead atoms. The summed E-state index contributed by atoms with van der Waals surface area (Å²) in [6.45, 7) is 1.47. The van der Waals surface area contributed by atoms with Crippen LogP contribution in [0.4, 0.5) is 0 Å². The van der Waals surface area contributed by atoms with Crippen molar-refractivity contribution in [2.45, 2.75) is 23.6 Å². The van der Waals surface area contributed by atoms with Gasteiger partial charge in [0.1, 0.15) is 5.78 Å². The predicted molar refractivity (Wildman–Crippen MR) is 40.2 cm³/mol. The van der Waals surface area contributed by atoms with Crippen LogP contribution in [0.1, 0.15) is 19.8 Å². The number of halogens is 3. The molecule has 0 N–H and O–H groups in total. The van der Waals surface area contributed by atoms with Gasteiger partial charge in [0.2, 0.25) is 0 Å². The summed E-state index contributed by atoms with van der Waals surface area (Å²) in [7, 11) is 0. The monoisotopic (exact) mass is 188 g/mol. The van der Waals surface area contributed by atoms with Crippen LogP contribution in [0.3, 0.4) is 0 Å². The van der Waals surface area contributed by atoms with E-state index in [1.54, 1.807) is 0 Å². The van der Waals surface area contributed by atoms with Crippen LogP contribution in [-0.4, -0.2) is 9.58 Å². The zero-order chi connectivity index (χ0) is 7.49. The molecule has 9 heavy (non-hydrogen) atoms. The molecule has 0 rings (SSSR count). The van der Waals surface area contributed by atoms with Gasteiger partial charge < -0.3 is 4.79 Å². The molecular weight excluding hydrogens is 182 g/mol. The first-order valence-corrected chi connectivity index (χ1v) is 3.61. The molecule has 0 heterocycles. The van der Waals surface area contributed by atoms with Crippen LogP contribution < -0.4 is 0 Å². The second-order valence-electron chi connectivity index (χ2n) is 1.82. The van der Waals surface area contributed by atoms with Crippen molar-refractivity contribution in [2.75, 3.05) is 0 Å². The molecule has 0 aromatic heterocycles. The lowest BCUT2D eigenvalue weighted by Crippen LogP contribution is -2.04. The second-order valence-corrected chi connectivity index (χ2v) is 4.33. The van der Waals surface area contributed by atoms with Crippen LogP contribution in [0.5, 0.6) is 0 Å². The minimum absolute atomic E-state index is 0.0429. The maximum absolute atomic E-state index is 10.3. The number of rotatable bonds is 2. The molecule has 0 fully saturated rings. The zero-order valence-electron chi connectivity index (χ0n) is 4.96. The number of hydrogen-bond donors (Lipinski definition) is 0. The van der Waals surface area contributed by atoms with Gasteiger partial charge in [-0.15, -0.1) is 0 Å². The van der Waals surface area contributed by atoms with E-state index in [0.29, 0.717) is 12.8 Å². The van der Waals surface area contributed by atoms with Crippen LogP contribution in [0.2, 0.25) is 0 Å². The summed E-state index contributed by atoms with van der Waals surface area (Å²) in [5, 5.41) is 0. The molecule has 1 nitrogen and oxygen atoms in total. The van der Waals surface area contributed by atoms with E-state index >= 15 is 0 Å². The molecular formula is C5H7Cl3O. The van der Waals surface area contributed by atoms with E-state index in [2.05, 4.69) is 0 Å². The molecule has 0 saturated heterocycles. The molecule has 0 aliphatic rings. The number of ketones is 1. The van der Waals surface area contributed by atoms with E-state index in [1.807, 2.05) is 0 Å². The zero-order valence-corrected chi connectivity index (χ0v) is 7.22. The lowest BCUT2D eigenvalue weighted by Gasteiger charge is -2.07. The third kappa shape index (κ3) is 8.54. The van der Waals surface area contributed by atoms with Crippen molar-refractivity contribution in [1.82, 2.24) is 0 Å². The van der Waals surface area contributed by atoms with Crippen molar-refractivity contribution in [3.63, 3.8) is 0 Å². The van der Waals surface area contributed by atoms with Gasteiger partial charge in [0.05, 0.1) is 0 Å². The van der Waals surface area contributed by atoms with Gasteiger partial charge in [-0.1, -0.05) is 34.8 Å². The molecule has 0 atom stereocenters. The number of alkyl halides is 3. The second kappa shape index (κ2) is 3.65. The van der Waals surface area contributed by atoms with E-state index in [9.17, 15) is 4.79 Å². The highest BCUT2D eigenvalue weighted by Gasteiger charge is 2.19. The smallest absolute Gasteiger partial charge is 0.191 e. The fraction of sp³-hybridized carbons (Fsp3) is 0.800. The van der Waals surface area contributed by atoms with E-state index in [4.69, 9.17) is 34.8 Å². The first kappa shape index (κ1) is 9.54. The molecule has 0 spiro atoms. The maximum atomic E-state index is 10.3. The summed E-state index contributed by atoms with van der Waals surface area (Å²) in [5.41, 5.74) is 0. The molecule has 0 aromatic rings. The number of hydrogen-bond acceptors (Lipinski definition) is 1. The van der Waals surface area contributed by atoms with Crippen molar-refractivity contribution in [1.29, 1.82) is 0 Å². The highest BCUT2D eigenvalue weighted by Crippen LogP contribution is 2.31. The molecule has 54 valence electrons. The van der Waals surface area contributed by atoms with Crippen molar-refractivity contribution < 1.29 is 4.79 Å². The van der Waals surface area contributed by atoms with Crippen LogP contribution in [0.25, 0.3) is 0 Å². The first-order chi connectivity index (χ1) is 3.92. The quantitative estimate of drug-likeness (QED) is 0.611. The van der Waals surface area contributed by atoms with Gasteiger partial charge in [0, 0.05) is 12.8 Å². The van der Waals surface area contributed by atoms with Gasteiger partial charge in [-0.2, -0.15) is 0 Å². The van der Waals surface area contributed by atoms with Gasteiger partial charge in [-0.05, 0) is 6.92 Å². The topological polar surface area (TPSA) is 17.1 Å². The van der Waals surface area contributed by atoms with Crippen molar-refractivity contribution in [3.8, 4) is 0 Å². The predicted octanol–water partition coefficient (Wildman–Crippen LogP) is 2.73. The molecule has 0 saturated carbocycles. The largest absolute Gasteiger partial charge is 0.300 e. The van der Waals surface area contributed by atoms with Gasteiger partial charge in [-0.25, -0.2) is 0 Å². The minimum atomic E-state index is -1.27. The van der Waals surface area contributed by atoms with Gasteiger partial charge >= 0.3 is 0 Å². The average molecular weight is 189 g/mol. The Labute approximate surface area is 69.3 Å². The summed E-state index contributed by atoms with van der Waals surface area (Å²) >= 11 is 16.1. The van der Waals surface area contributed by atoms with E-state index in [0.717, 1.165) is 0 Å². The molecule has 4 heteroatoms. The third-order valence-corrected chi connectivity index (χ3v) is 1.33. The number of Topliss-reactive ketones (excluding diaryl/α,β-unsaturated/α-hetero) is 1. The summed E-state index contributed by atoms with van der Waals surface area (Å²) in [5.74, 6) is 0.0429. The third-order valence-electron chi connectivity index (χ3n) is 0.761. The summed E-state index contributed by atoms with van der Waals surface area (Å²) in [6, 6.07) is 0. The highest BCUT2D eigenvalue weighted by atomic mass is 35.6. The SMILES string of the molecule is CC(=O)CCC(Cl)(Cl)Cl. The summed E-state index contributed by atoms with van der Waals surface area (Å²) < 4.78 is -1.27.